The van der Waals surface area contributed by atoms with Gasteiger partial charge in [0.15, 0.2) is 5.75 Å². The van der Waals surface area contributed by atoms with E-state index in [0.29, 0.717) is 29.5 Å². The lowest BCUT2D eigenvalue weighted by atomic mass is 10.2. The Morgan fingerprint density at radius 1 is 1.10 bits per heavy atom. The maximum Gasteiger partial charge on any atom is 0.292 e. The third kappa shape index (κ3) is 3.86. The Balaban J connectivity index is 2.22. The van der Waals surface area contributed by atoms with Crippen molar-refractivity contribution in [3.63, 3.8) is 0 Å². The molecule has 0 N–H and O–H groups in total. The fourth-order valence-electron chi connectivity index (χ4n) is 1.87. The van der Waals surface area contributed by atoms with Crippen molar-refractivity contribution in [2.75, 3.05) is 6.61 Å². The highest BCUT2D eigenvalue weighted by molar-refractivity contribution is 5.45. The summed E-state index contributed by atoms with van der Waals surface area (Å²) in [6.45, 7) is 4.52. The second-order valence-electron chi connectivity index (χ2n) is 4.27. The lowest BCUT2D eigenvalue weighted by molar-refractivity contribution is 0.272. The molecule has 1 aromatic heterocycles. The molecule has 0 radical (unpaired) electrons. The molecule has 0 bridgehead atoms. The van der Waals surface area contributed by atoms with E-state index < -0.39 is 0 Å². The molecule has 0 aliphatic rings. The van der Waals surface area contributed by atoms with Crippen LogP contribution in [-0.4, -0.2) is 11.6 Å². The standard InChI is InChI=1S/C16H16N2O3/c1-3-19-14-7-5-8-15(21-11-17)13(14)10-20-16-9-4-6-12(2)18-16/h4-9H,3,10H2,1-2H3. The Morgan fingerprint density at radius 2 is 1.86 bits per heavy atom. The Hall–Kier alpha value is -2.74. The molecule has 0 unspecified atom stereocenters. The lowest BCUT2D eigenvalue weighted by Crippen LogP contribution is -2.04. The zero-order chi connectivity index (χ0) is 15.1. The van der Waals surface area contributed by atoms with Gasteiger partial charge >= 0.3 is 0 Å². The monoisotopic (exact) mass is 284 g/mol. The summed E-state index contributed by atoms with van der Waals surface area (Å²) >= 11 is 0. The fourth-order valence-corrected chi connectivity index (χ4v) is 1.87. The Morgan fingerprint density at radius 3 is 2.57 bits per heavy atom. The molecular weight excluding hydrogens is 268 g/mol. The number of aryl methyl sites for hydroxylation is 1. The summed E-state index contributed by atoms with van der Waals surface area (Å²) in [6.07, 6.45) is 1.67. The predicted octanol–water partition coefficient (Wildman–Crippen LogP) is 3.23. The smallest absolute Gasteiger partial charge is 0.292 e. The van der Waals surface area contributed by atoms with Crippen LogP contribution < -0.4 is 14.2 Å². The maximum atomic E-state index is 8.72. The second-order valence-corrected chi connectivity index (χ2v) is 4.27. The van der Waals surface area contributed by atoms with Crippen LogP contribution in [0.25, 0.3) is 0 Å². The van der Waals surface area contributed by atoms with E-state index in [1.54, 1.807) is 24.5 Å². The van der Waals surface area contributed by atoms with E-state index in [4.69, 9.17) is 19.5 Å². The third-order valence-electron chi connectivity index (χ3n) is 2.77. The van der Waals surface area contributed by atoms with Gasteiger partial charge in [-0.05, 0) is 32.0 Å². The molecule has 0 saturated heterocycles. The lowest BCUT2D eigenvalue weighted by Gasteiger charge is -2.13. The molecule has 0 spiro atoms. The van der Waals surface area contributed by atoms with Crippen molar-refractivity contribution in [2.45, 2.75) is 20.5 Å². The van der Waals surface area contributed by atoms with Crippen molar-refractivity contribution in [3.05, 3.63) is 47.7 Å². The summed E-state index contributed by atoms with van der Waals surface area (Å²) in [4.78, 5) is 4.27. The van der Waals surface area contributed by atoms with Crippen LogP contribution in [0.3, 0.4) is 0 Å². The largest absolute Gasteiger partial charge is 0.493 e. The van der Waals surface area contributed by atoms with E-state index in [1.165, 1.54) is 0 Å². The van der Waals surface area contributed by atoms with E-state index in [9.17, 15) is 0 Å². The quantitative estimate of drug-likeness (QED) is 0.762. The summed E-state index contributed by atoms with van der Waals surface area (Å²) in [5.41, 5.74) is 1.56. The van der Waals surface area contributed by atoms with E-state index in [2.05, 4.69) is 4.98 Å². The molecule has 0 atom stereocenters. The Labute approximate surface area is 123 Å². The number of aromatic nitrogens is 1. The number of nitriles is 1. The first-order valence-corrected chi connectivity index (χ1v) is 6.61. The zero-order valence-corrected chi connectivity index (χ0v) is 12.0. The topological polar surface area (TPSA) is 64.4 Å². The molecule has 0 amide bonds. The van der Waals surface area contributed by atoms with Gasteiger partial charge < -0.3 is 14.2 Å². The van der Waals surface area contributed by atoms with Gasteiger partial charge in [0, 0.05) is 11.8 Å². The van der Waals surface area contributed by atoms with Gasteiger partial charge in [0.05, 0.1) is 12.2 Å². The minimum absolute atomic E-state index is 0.212. The molecule has 2 rings (SSSR count). The van der Waals surface area contributed by atoms with Gasteiger partial charge in [0.2, 0.25) is 5.88 Å². The molecule has 2 aromatic rings. The van der Waals surface area contributed by atoms with E-state index in [-0.39, 0.29) is 6.61 Å². The van der Waals surface area contributed by atoms with Gasteiger partial charge in [-0.1, -0.05) is 12.1 Å². The number of hydrogen-bond acceptors (Lipinski definition) is 5. The highest BCUT2D eigenvalue weighted by atomic mass is 16.5. The summed E-state index contributed by atoms with van der Waals surface area (Å²) in [7, 11) is 0. The van der Waals surface area contributed by atoms with Crippen molar-refractivity contribution < 1.29 is 14.2 Å². The van der Waals surface area contributed by atoms with Crippen molar-refractivity contribution in [2.24, 2.45) is 0 Å². The van der Waals surface area contributed by atoms with Crippen molar-refractivity contribution in [3.8, 4) is 23.6 Å². The molecule has 0 aliphatic carbocycles. The van der Waals surface area contributed by atoms with E-state index in [0.717, 1.165) is 5.69 Å². The minimum Gasteiger partial charge on any atom is -0.493 e. The first-order chi connectivity index (χ1) is 10.2. The van der Waals surface area contributed by atoms with E-state index >= 15 is 0 Å². The highest BCUT2D eigenvalue weighted by Gasteiger charge is 2.12. The van der Waals surface area contributed by atoms with Crippen LogP contribution in [-0.2, 0) is 6.61 Å². The Kier molecular flexibility index (Phi) is 4.99. The number of hydrogen-bond donors (Lipinski definition) is 0. The van der Waals surface area contributed by atoms with Crippen molar-refractivity contribution in [1.82, 2.24) is 4.98 Å². The van der Waals surface area contributed by atoms with Crippen LogP contribution in [0.5, 0.6) is 17.4 Å². The fraction of sp³-hybridized carbons (Fsp3) is 0.250. The molecule has 1 heterocycles. The second kappa shape index (κ2) is 7.15. The van der Waals surface area contributed by atoms with Crippen molar-refractivity contribution >= 4 is 0 Å². The summed E-state index contributed by atoms with van der Waals surface area (Å²) < 4.78 is 16.2. The van der Waals surface area contributed by atoms with Crippen LogP contribution in [0.4, 0.5) is 0 Å². The summed E-state index contributed by atoms with van der Waals surface area (Å²) in [5.74, 6) is 1.58. The third-order valence-corrected chi connectivity index (χ3v) is 2.77. The molecular formula is C16H16N2O3. The molecule has 0 saturated carbocycles. The number of nitrogens with zero attached hydrogens (tertiary/aromatic N) is 2. The molecule has 0 aliphatic heterocycles. The molecule has 108 valence electrons. The van der Waals surface area contributed by atoms with E-state index in [1.807, 2.05) is 32.0 Å². The van der Waals surface area contributed by atoms with Gasteiger partial charge in [-0.2, -0.15) is 0 Å². The average Bonchev–Trinajstić information content (AvgIpc) is 2.47. The van der Waals surface area contributed by atoms with Gasteiger partial charge in [0.1, 0.15) is 12.4 Å². The minimum atomic E-state index is 0.212. The van der Waals surface area contributed by atoms with Crippen LogP contribution >= 0.6 is 0 Å². The first kappa shape index (κ1) is 14.7. The number of ether oxygens (including phenoxy) is 3. The molecule has 1 aromatic carbocycles. The number of benzene rings is 1. The van der Waals surface area contributed by atoms with Crippen LogP contribution in [0.2, 0.25) is 0 Å². The zero-order valence-electron chi connectivity index (χ0n) is 12.0. The first-order valence-electron chi connectivity index (χ1n) is 6.61. The van der Waals surface area contributed by atoms with Crippen LogP contribution in [0.1, 0.15) is 18.2 Å². The molecule has 5 nitrogen and oxygen atoms in total. The summed E-state index contributed by atoms with van der Waals surface area (Å²) in [6, 6.07) is 10.8. The normalized spacial score (nSPS) is 9.76. The van der Waals surface area contributed by atoms with Gasteiger partial charge in [0.25, 0.3) is 6.26 Å². The number of rotatable bonds is 6. The Bertz CT molecular complexity index is 650. The average molecular weight is 284 g/mol. The van der Waals surface area contributed by atoms with Gasteiger partial charge in [-0.3, -0.25) is 0 Å². The predicted molar refractivity (Wildman–Crippen MR) is 77.2 cm³/mol. The highest BCUT2D eigenvalue weighted by Crippen LogP contribution is 2.29. The molecule has 0 fully saturated rings. The number of pyridine rings is 1. The van der Waals surface area contributed by atoms with Crippen molar-refractivity contribution in [1.29, 1.82) is 5.26 Å². The van der Waals surface area contributed by atoms with Crippen LogP contribution in [0.15, 0.2) is 36.4 Å². The van der Waals surface area contributed by atoms with Crippen LogP contribution in [0, 0.1) is 18.4 Å². The molecule has 21 heavy (non-hydrogen) atoms. The molecule has 5 heteroatoms. The van der Waals surface area contributed by atoms with Gasteiger partial charge in [-0.25, -0.2) is 4.98 Å². The summed E-state index contributed by atoms with van der Waals surface area (Å²) in [5, 5.41) is 8.72. The SMILES string of the molecule is CCOc1cccc(OC#N)c1COc1cccc(C)n1. The maximum absolute atomic E-state index is 8.72. The van der Waals surface area contributed by atoms with Gasteiger partial charge in [-0.15, -0.1) is 5.26 Å².